The fourth-order valence-corrected chi connectivity index (χ4v) is 5.14. The molecule has 2 atom stereocenters. The van der Waals surface area contributed by atoms with Crippen molar-refractivity contribution in [2.24, 2.45) is 0 Å². The van der Waals surface area contributed by atoms with Crippen molar-refractivity contribution in [2.45, 2.75) is 25.2 Å². The Bertz CT molecular complexity index is 795. The normalized spacial score (nSPS) is 22.8. The number of aliphatic hydroxyl groups excluding tert-OH is 1. The molecule has 1 fully saturated rings. The SMILES string of the molecule is O=S1(=O)C[C@@H](O)[C@@H](N(Cc2ccccc2)Cc2ccccc2Cl)C1. The highest BCUT2D eigenvalue weighted by molar-refractivity contribution is 7.91. The van der Waals surface area contributed by atoms with E-state index in [4.69, 9.17) is 11.6 Å². The number of rotatable bonds is 5. The molecule has 4 nitrogen and oxygen atoms in total. The van der Waals surface area contributed by atoms with Crippen LogP contribution in [-0.4, -0.2) is 42.1 Å². The Morgan fingerprint density at radius 1 is 1.00 bits per heavy atom. The second-order valence-electron chi connectivity index (χ2n) is 6.19. The molecular formula is C18H20ClNO3S. The zero-order valence-corrected chi connectivity index (χ0v) is 14.7. The number of halogens is 1. The molecule has 1 saturated heterocycles. The topological polar surface area (TPSA) is 57.6 Å². The minimum Gasteiger partial charge on any atom is -0.390 e. The third-order valence-corrected chi connectivity index (χ3v) is 6.39. The van der Waals surface area contributed by atoms with Gasteiger partial charge in [0, 0.05) is 18.1 Å². The van der Waals surface area contributed by atoms with Crippen molar-refractivity contribution >= 4 is 21.4 Å². The molecule has 0 saturated carbocycles. The fourth-order valence-electron chi connectivity index (χ4n) is 3.11. The molecule has 2 aromatic rings. The summed E-state index contributed by atoms with van der Waals surface area (Å²) in [7, 11) is -3.21. The first-order chi connectivity index (χ1) is 11.4. The Kier molecular flexibility index (Phi) is 5.25. The highest BCUT2D eigenvalue weighted by Crippen LogP contribution is 2.25. The zero-order valence-electron chi connectivity index (χ0n) is 13.2. The number of nitrogens with zero attached hydrogens (tertiary/aromatic N) is 1. The second kappa shape index (κ2) is 7.23. The molecule has 0 unspecified atom stereocenters. The van der Waals surface area contributed by atoms with Crippen LogP contribution in [0.3, 0.4) is 0 Å². The van der Waals surface area contributed by atoms with Gasteiger partial charge in [-0.15, -0.1) is 0 Å². The standard InChI is InChI=1S/C18H20ClNO3S/c19-16-9-5-4-8-15(16)11-20(10-14-6-2-1-3-7-14)17-12-24(22,23)13-18(17)21/h1-9,17-18,21H,10-13H2/t17-,18+/m0/s1. The lowest BCUT2D eigenvalue weighted by atomic mass is 10.1. The van der Waals surface area contributed by atoms with Gasteiger partial charge in [-0.1, -0.05) is 60.1 Å². The van der Waals surface area contributed by atoms with Gasteiger partial charge >= 0.3 is 0 Å². The molecule has 24 heavy (non-hydrogen) atoms. The molecule has 128 valence electrons. The van der Waals surface area contributed by atoms with Crippen molar-refractivity contribution in [1.29, 1.82) is 0 Å². The Labute approximate surface area is 147 Å². The lowest BCUT2D eigenvalue weighted by molar-refractivity contribution is 0.0731. The Morgan fingerprint density at radius 2 is 1.67 bits per heavy atom. The van der Waals surface area contributed by atoms with Gasteiger partial charge in [-0.05, 0) is 17.2 Å². The van der Waals surface area contributed by atoms with E-state index < -0.39 is 22.0 Å². The van der Waals surface area contributed by atoms with E-state index in [1.165, 1.54) is 0 Å². The van der Waals surface area contributed by atoms with E-state index >= 15 is 0 Å². The van der Waals surface area contributed by atoms with Crippen LogP contribution in [0.1, 0.15) is 11.1 Å². The van der Waals surface area contributed by atoms with Crippen molar-refractivity contribution in [3.63, 3.8) is 0 Å². The maximum Gasteiger partial charge on any atom is 0.154 e. The summed E-state index contributed by atoms with van der Waals surface area (Å²) in [5.41, 5.74) is 1.99. The summed E-state index contributed by atoms with van der Waals surface area (Å²) in [5, 5.41) is 10.9. The van der Waals surface area contributed by atoms with Gasteiger partial charge in [-0.2, -0.15) is 0 Å². The van der Waals surface area contributed by atoms with E-state index in [1.54, 1.807) is 0 Å². The van der Waals surface area contributed by atoms with Crippen LogP contribution in [0.5, 0.6) is 0 Å². The molecule has 0 bridgehead atoms. The molecule has 1 N–H and O–H groups in total. The maximum absolute atomic E-state index is 11.9. The molecule has 3 rings (SSSR count). The summed E-state index contributed by atoms with van der Waals surface area (Å²) < 4.78 is 23.8. The molecule has 0 radical (unpaired) electrons. The van der Waals surface area contributed by atoms with Gasteiger partial charge in [0.15, 0.2) is 9.84 Å². The number of hydrogen-bond acceptors (Lipinski definition) is 4. The van der Waals surface area contributed by atoms with Gasteiger partial charge in [-0.25, -0.2) is 8.42 Å². The summed E-state index contributed by atoms with van der Waals surface area (Å²) in [6, 6.07) is 16.9. The van der Waals surface area contributed by atoms with Crippen LogP contribution in [-0.2, 0) is 22.9 Å². The van der Waals surface area contributed by atoms with Crippen LogP contribution in [0.2, 0.25) is 5.02 Å². The van der Waals surface area contributed by atoms with E-state index in [-0.39, 0.29) is 11.5 Å². The van der Waals surface area contributed by atoms with Crippen molar-refractivity contribution in [3.05, 3.63) is 70.7 Å². The minimum atomic E-state index is -3.21. The van der Waals surface area contributed by atoms with E-state index in [2.05, 4.69) is 0 Å². The molecular weight excluding hydrogens is 346 g/mol. The third-order valence-electron chi connectivity index (χ3n) is 4.32. The monoisotopic (exact) mass is 365 g/mol. The highest BCUT2D eigenvalue weighted by atomic mass is 35.5. The average molecular weight is 366 g/mol. The lowest BCUT2D eigenvalue weighted by Gasteiger charge is -2.30. The second-order valence-corrected chi connectivity index (χ2v) is 8.75. The Morgan fingerprint density at radius 3 is 2.29 bits per heavy atom. The van der Waals surface area contributed by atoms with Crippen molar-refractivity contribution in [1.82, 2.24) is 4.90 Å². The van der Waals surface area contributed by atoms with Gasteiger partial charge in [0.1, 0.15) is 0 Å². The molecule has 0 aliphatic carbocycles. The first kappa shape index (κ1) is 17.4. The zero-order chi connectivity index (χ0) is 17.2. The van der Waals surface area contributed by atoms with Crippen LogP contribution in [0, 0.1) is 0 Å². The predicted octanol–water partition coefficient (Wildman–Crippen LogP) is 2.50. The van der Waals surface area contributed by atoms with E-state index in [1.807, 2.05) is 59.5 Å². The van der Waals surface area contributed by atoms with Crippen LogP contribution < -0.4 is 0 Å². The van der Waals surface area contributed by atoms with E-state index in [0.29, 0.717) is 18.1 Å². The lowest BCUT2D eigenvalue weighted by Crippen LogP contribution is -2.42. The van der Waals surface area contributed by atoms with Gasteiger partial charge in [0.05, 0.1) is 23.7 Å². The van der Waals surface area contributed by atoms with Crippen molar-refractivity contribution in [3.8, 4) is 0 Å². The molecule has 1 aliphatic rings. The molecule has 0 amide bonds. The molecule has 1 aliphatic heterocycles. The van der Waals surface area contributed by atoms with Crippen LogP contribution in [0.25, 0.3) is 0 Å². The summed E-state index contributed by atoms with van der Waals surface area (Å²) in [5.74, 6) is -0.197. The van der Waals surface area contributed by atoms with Crippen LogP contribution >= 0.6 is 11.6 Å². The third kappa shape index (κ3) is 4.16. The van der Waals surface area contributed by atoms with Crippen LogP contribution in [0.4, 0.5) is 0 Å². The number of benzene rings is 2. The highest BCUT2D eigenvalue weighted by Gasteiger charge is 2.40. The van der Waals surface area contributed by atoms with Crippen LogP contribution in [0.15, 0.2) is 54.6 Å². The minimum absolute atomic E-state index is 0.0224. The largest absolute Gasteiger partial charge is 0.390 e. The van der Waals surface area contributed by atoms with Crippen molar-refractivity contribution < 1.29 is 13.5 Å². The number of hydrogen-bond donors (Lipinski definition) is 1. The molecule has 1 heterocycles. The molecule has 6 heteroatoms. The summed E-state index contributed by atoms with van der Waals surface area (Å²) in [6.45, 7) is 1.05. The maximum atomic E-state index is 11.9. The average Bonchev–Trinajstić information content (AvgIpc) is 2.82. The quantitative estimate of drug-likeness (QED) is 0.884. The molecule has 0 spiro atoms. The fraction of sp³-hybridized carbons (Fsp3) is 0.333. The first-order valence-corrected chi connectivity index (χ1v) is 10.0. The summed E-state index contributed by atoms with van der Waals surface area (Å²) in [6.07, 6.45) is -0.874. The van der Waals surface area contributed by atoms with Gasteiger partial charge in [-0.3, -0.25) is 4.90 Å². The van der Waals surface area contributed by atoms with Gasteiger partial charge < -0.3 is 5.11 Å². The summed E-state index contributed by atoms with van der Waals surface area (Å²) in [4.78, 5) is 2.01. The molecule has 0 aromatic heterocycles. The van der Waals surface area contributed by atoms with Crippen molar-refractivity contribution in [2.75, 3.05) is 11.5 Å². The Balaban J connectivity index is 1.87. The first-order valence-electron chi connectivity index (χ1n) is 7.84. The van der Waals surface area contributed by atoms with E-state index in [0.717, 1.165) is 11.1 Å². The number of aliphatic hydroxyl groups is 1. The van der Waals surface area contributed by atoms with E-state index in [9.17, 15) is 13.5 Å². The Hall–Kier alpha value is -1.40. The van der Waals surface area contributed by atoms with Gasteiger partial charge in [0.2, 0.25) is 0 Å². The molecule has 2 aromatic carbocycles. The number of sulfone groups is 1. The summed E-state index contributed by atoms with van der Waals surface area (Å²) >= 11 is 6.26. The van der Waals surface area contributed by atoms with Gasteiger partial charge in [0.25, 0.3) is 0 Å². The smallest absolute Gasteiger partial charge is 0.154 e. The predicted molar refractivity (Wildman–Crippen MR) is 95.6 cm³/mol.